The van der Waals surface area contributed by atoms with Gasteiger partial charge < -0.3 is 5.32 Å². The van der Waals surface area contributed by atoms with Gasteiger partial charge in [-0.15, -0.1) is 0 Å². The molecule has 1 aliphatic heterocycles. The first kappa shape index (κ1) is 6.05. The molecule has 1 N–H and O–H groups in total. The van der Waals surface area contributed by atoms with Crippen LogP contribution in [-0.4, -0.2) is 18.3 Å². The van der Waals surface area contributed by atoms with Gasteiger partial charge in [0.25, 0.3) is 0 Å². The summed E-state index contributed by atoms with van der Waals surface area (Å²) in [5.41, 5.74) is 0.613. The Morgan fingerprint density at radius 2 is 2.56 bits per heavy atom. The number of nitrogens with one attached hydrogen (secondary N) is 1. The van der Waals surface area contributed by atoms with E-state index in [9.17, 15) is 4.79 Å². The summed E-state index contributed by atoms with van der Waals surface area (Å²) in [4.78, 5) is 14.1. The summed E-state index contributed by atoms with van der Waals surface area (Å²) in [5, 5.41) is 2.81. The van der Waals surface area contributed by atoms with Gasteiger partial charge >= 0.3 is 0 Å². The molecule has 0 aromatic rings. The summed E-state index contributed by atoms with van der Waals surface area (Å²) in [6, 6.07) is 0. The summed E-state index contributed by atoms with van der Waals surface area (Å²) in [5.74, 6) is 2.61. The summed E-state index contributed by atoms with van der Waals surface area (Å²) < 4.78 is 0. The highest BCUT2D eigenvalue weighted by atomic mass is 16.1. The van der Waals surface area contributed by atoms with Gasteiger partial charge in [-0.2, -0.15) is 0 Å². The summed E-state index contributed by atoms with van der Waals surface area (Å²) in [7, 11) is 0. The molecule has 0 radical (unpaired) electrons. The molecule has 0 saturated carbocycles. The van der Waals surface area contributed by atoms with Gasteiger partial charge in [0.05, 0.1) is 5.84 Å². The fourth-order valence-corrected chi connectivity index (χ4v) is 0.732. The van der Waals surface area contributed by atoms with Crippen molar-refractivity contribution in [3.8, 4) is 0 Å². The van der Waals surface area contributed by atoms with Crippen LogP contribution in [0.25, 0.3) is 0 Å². The monoisotopic (exact) mass is 124 g/mol. The second kappa shape index (κ2) is 2.46. The summed E-state index contributed by atoms with van der Waals surface area (Å²) in [6.45, 7) is 2.54. The number of aliphatic imine (C=N–C) groups is 1. The third-order valence-corrected chi connectivity index (χ3v) is 1.17. The Kier molecular flexibility index (Phi) is 1.66. The van der Waals surface area contributed by atoms with Crippen LogP contribution in [0.2, 0.25) is 0 Å². The normalized spacial score (nSPS) is 17.9. The fraction of sp³-hybridized carbons (Fsp3) is 0.500. The van der Waals surface area contributed by atoms with Gasteiger partial charge in [0, 0.05) is 13.0 Å². The van der Waals surface area contributed by atoms with Crippen molar-refractivity contribution in [2.45, 2.75) is 13.3 Å². The van der Waals surface area contributed by atoms with Crippen molar-refractivity contribution in [2.24, 2.45) is 4.99 Å². The Balaban J connectivity index is 2.70. The zero-order chi connectivity index (χ0) is 6.69. The van der Waals surface area contributed by atoms with Gasteiger partial charge in [0.1, 0.15) is 11.6 Å². The Bertz CT molecular complexity index is 189. The summed E-state index contributed by atoms with van der Waals surface area (Å²) >= 11 is 0. The maximum absolute atomic E-state index is 10.0. The predicted molar refractivity (Wildman–Crippen MR) is 34.9 cm³/mol. The topological polar surface area (TPSA) is 41.5 Å². The quantitative estimate of drug-likeness (QED) is 0.466. The lowest BCUT2D eigenvalue weighted by Crippen LogP contribution is -2.25. The predicted octanol–water partition coefficient (Wildman–Crippen LogP) is 0.114. The fourth-order valence-electron chi connectivity index (χ4n) is 0.732. The van der Waals surface area contributed by atoms with Crippen molar-refractivity contribution in [2.75, 3.05) is 6.54 Å². The number of amidine groups is 1. The van der Waals surface area contributed by atoms with Crippen LogP contribution in [0.5, 0.6) is 0 Å². The van der Waals surface area contributed by atoms with E-state index in [1.54, 1.807) is 0 Å². The van der Waals surface area contributed by atoms with E-state index in [4.69, 9.17) is 0 Å². The minimum Gasteiger partial charge on any atom is -0.339 e. The molecule has 9 heavy (non-hydrogen) atoms. The molecule has 0 amide bonds. The SMILES string of the molecule is CC1=NCCC(=C=O)N1. The zero-order valence-corrected chi connectivity index (χ0v) is 5.27. The molecule has 1 aliphatic rings. The first-order chi connectivity index (χ1) is 4.33. The van der Waals surface area contributed by atoms with Gasteiger partial charge in [0.15, 0.2) is 0 Å². The molecule has 3 nitrogen and oxygen atoms in total. The van der Waals surface area contributed by atoms with E-state index >= 15 is 0 Å². The average Bonchev–Trinajstić information content (AvgIpc) is 1.88. The smallest absolute Gasteiger partial charge is 0.145 e. The highest BCUT2D eigenvalue weighted by Crippen LogP contribution is 1.98. The Morgan fingerprint density at radius 1 is 1.78 bits per heavy atom. The van der Waals surface area contributed by atoms with E-state index in [1.165, 1.54) is 0 Å². The maximum atomic E-state index is 10.0. The van der Waals surface area contributed by atoms with E-state index in [1.807, 2.05) is 12.9 Å². The Labute approximate surface area is 53.5 Å². The van der Waals surface area contributed by atoms with E-state index in [-0.39, 0.29) is 0 Å². The van der Waals surface area contributed by atoms with Crippen LogP contribution < -0.4 is 5.32 Å². The standard InChI is InChI=1S/C6H8N2O/c1-5-7-3-2-6(4-9)8-5/h2-3H2,1H3,(H,7,8). The van der Waals surface area contributed by atoms with Crippen LogP contribution in [0.15, 0.2) is 10.7 Å². The summed E-state index contributed by atoms with van der Waals surface area (Å²) in [6.07, 6.45) is 0.695. The molecular weight excluding hydrogens is 116 g/mol. The molecule has 0 fully saturated rings. The largest absolute Gasteiger partial charge is 0.339 e. The van der Waals surface area contributed by atoms with Crippen LogP contribution >= 0.6 is 0 Å². The number of carbonyl (C=O) groups excluding carboxylic acids is 1. The molecule has 0 aliphatic carbocycles. The van der Waals surface area contributed by atoms with Gasteiger partial charge in [0.2, 0.25) is 0 Å². The molecule has 0 aromatic heterocycles. The number of nitrogens with zero attached hydrogens (tertiary/aromatic N) is 1. The second-order valence-corrected chi connectivity index (χ2v) is 1.92. The molecule has 0 saturated heterocycles. The van der Waals surface area contributed by atoms with E-state index in [0.717, 1.165) is 5.84 Å². The lowest BCUT2D eigenvalue weighted by molar-refractivity contribution is 0.564. The van der Waals surface area contributed by atoms with Gasteiger partial charge in [-0.3, -0.25) is 4.99 Å². The molecule has 48 valence electrons. The van der Waals surface area contributed by atoms with Gasteiger partial charge in [-0.1, -0.05) is 0 Å². The van der Waals surface area contributed by atoms with Crippen LogP contribution in [-0.2, 0) is 4.79 Å². The molecular formula is C6H8N2O. The molecule has 3 heteroatoms. The van der Waals surface area contributed by atoms with Crippen molar-refractivity contribution in [3.63, 3.8) is 0 Å². The van der Waals surface area contributed by atoms with Gasteiger partial charge in [-0.05, 0) is 6.92 Å². The van der Waals surface area contributed by atoms with Crippen molar-refractivity contribution < 1.29 is 4.79 Å². The lowest BCUT2D eigenvalue weighted by atomic mass is 10.3. The van der Waals surface area contributed by atoms with E-state index in [0.29, 0.717) is 18.7 Å². The van der Waals surface area contributed by atoms with Crippen molar-refractivity contribution in [1.29, 1.82) is 0 Å². The lowest BCUT2D eigenvalue weighted by Gasteiger charge is -2.10. The highest BCUT2D eigenvalue weighted by molar-refractivity contribution is 5.83. The highest BCUT2D eigenvalue weighted by Gasteiger charge is 2.03. The molecule has 1 rings (SSSR count). The minimum absolute atomic E-state index is 0.613. The van der Waals surface area contributed by atoms with Crippen molar-refractivity contribution in [1.82, 2.24) is 5.32 Å². The van der Waals surface area contributed by atoms with E-state index in [2.05, 4.69) is 10.3 Å². The third-order valence-electron chi connectivity index (χ3n) is 1.17. The Morgan fingerprint density at radius 3 is 3.00 bits per heavy atom. The Hall–Kier alpha value is -1.08. The maximum Gasteiger partial charge on any atom is 0.145 e. The van der Waals surface area contributed by atoms with Crippen molar-refractivity contribution >= 4 is 11.8 Å². The van der Waals surface area contributed by atoms with Crippen LogP contribution in [0.3, 0.4) is 0 Å². The third kappa shape index (κ3) is 1.40. The van der Waals surface area contributed by atoms with Crippen LogP contribution in [0, 0.1) is 0 Å². The first-order valence-corrected chi connectivity index (χ1v) is 2.85. The minimum atomic E-state index is 0.613. The number of hydrogen-bond acceptors (Lipinski definition) is 3. The van der Waals surface area contributed by atoms with Crippen LogP contribution in [0.4, 0.5) is 0 Å². The zero-order valence-electron chi connectivity index (χ0n) is 5.27. The number of hydrogen-bond donors (Lipinski definition) is 1. The number of rotatable bonds is 0. The molecule has 0 unspecified atom stereocenters. The van der Waals surface area contributed by atoms with E-state index < -0.39 is 0 Å². The van der Waals surface area contributed by atoms with Gasteiger partial charge in [-0.25, -0.2) is 4.79 Å². The van der Waals surface area contributed by atoms with Crippen molar-refractivity contribution in [3.05, 3.63) is 5.70 Å². The molecule has 0 aromatic carbocycles. The van der Waals surface area contributed by atoms with Crippen LogP contribution in [0.1, 0.15) is 13.3 Å². The molecule has 1 heterocycles. The average molecular weight is 124 g/mol. The molecule has 0 bridgehead atoms. The molecule has 0 atom stereocenters. The first-order valence-electron chi connectivity index (χ1n) is 2.85. The second-order valence-electron chi connectivity index (χ2n) is 1.92. The molecule has 0 spiro atoms.